The van der Waals surface area contributed by atoms with Crippen molar-refractivity contribution in [1.29, 1.82) is 0 Å². The number of pyridine rings is 2. The molecule has 0 aromatic carbocycles. The smallest absolute Gasteiger partial charge is 0.213 e. The van der Waals surface area contributed by atoms with Gasteiger partial charge in [-0.15, -0.1) is 0 Å². The van der Waals surface area contributed by atoms with E-state index in [-0.39, 0.29) is 0 Å². The lowest BCUT2D eigenvalue weighted by molar-refractivity contribution is 0.305. The highest BCUT2D eigenvalue weighted by atomic mass is 16.5. The fourth-order valence-corrected chi connectivity index (χ4v) is 1.89. The van der Waals surface area contributed by atoms with Crippen LogP contribution in [0.1, 0.15) is 24.6 Å². The SMILES string of the molecule is CCCOc1ccc(CNC(=NC)NCc2ccccn2)cn1. The Hall–Kier alpha value is -2.63. The molecule has 0 saturated heterocycles. The Labute approximate surface area is 137 Å². The third-order valence-corrected chi connectivity index (χ3v) is 3.10. The Morgan fingerprint density at radius 2 is 2.00 bits per heavy atom. The van der Waals surface area contributed by atoms with Gasteiger partial charge in [-0.3, -0.25) is 9.98 Å². The van der Waals surface area contributed by atoms with Gasteiger partial charge in [-0.25, -0.2) is 4.98 Å². The van der Waals surface area contributed by atoms with Gasteiger partial charge in [-0.05, 0) is 24.1 Å². The molecule has 6 heteroatoms. The third-order valence-electron chi connectivity index (χ3n) is 3.10. The van der Waals surface area contributed by atoms with Crippen LogP contribution in [0.25, 0.3) is 0 Å². The van der Waals surface area contributed by atoms with Gasteiger partial charge in [0.2, 0.25) is 5.88 Å². The van der Waals surface area contributed by atoms with Crippen LogP contribution in [0.15, 0.2) is 47.7 Å². The summed E-state index contributed by atoms with van der Waals surface area (Å²) in [5.41, 5.74) is 2.03. The fraction of sp³-hybridized carbons (Fsp3) is 0.353. The van der Waals surface area contributed by atoms with E-state index in [2.05, 4.69) is 32.5 Å². The van der Waals surface area contributed by atoms with Gasteiger partial charge in [0.05, 0.1) is 18.8 Å². The molecule has 0 aliphatic carbocycles. The summed E-state index contributed by atoms with van der Waals surface area (Å²) in [7, 11) is 1.74. The molecule has 0 fully saturated rings. The van der Waals surface area contributed by atoms with E-state index < -0.39 is 0 Å². The number of nitrogens with one attached hydrogen (secondary N) is 2. The number of hydrogen-bond donors (Lipinski definition) is 2. The van der Waals surface area contributed by atoms with Gasteiger partial charge in [0.25, 0.3) is 0 Å². The molecule has 0 radical (unpaired) electrons. The minimum absolute atomic E-state index is 0.628. The molecular weight excluding hydrogens is 290 g/mol. The zero-order chi connectivity index (χ0) is 16.3. The lowest BCUT2D eigenvalue weighted by Crippen LogP contribution is -2.36. The zero-order valence-corrected chi connectivity index (χ0v) is 13.6. The molecule has 0 saturated carbocycles. The van der Waals surface area contributed by atoms with Crippen LogP contribution in [-0.4, -0.2) is 29.6 Å². The minimum Gasteiger partial charge on any atom is -0.478 e. The van der Waals surface area contributed by atoms with Crippen molar-refractivity contribution in [1.82, 2.24) is 20.6 Å². The van der Waals surface area contributed by atoms with E-state index in [0.717, 1.165) is 23.6 Å². The van der Waals surface area contributed by atoms with Gasteiger partial charge in [-0.1, -0.05) is 19.1 Å². The predicted molar refractivity (Wildman–Crippen MR) is 91.3 cm³/mol. The summed E-state index contributed by atoms with van der Waals surface area (Å²) in [6.45, 7) is 4.03. The van der Waals surface area contributed by atoms with E-state index in [9.17, 15) is 0 Å². The Balaban J connectivity index is 1.78. The zero-order valence-electron chi connectivity index (χ0n) is 13.6. The summed E-state index contributed by atoms with van der Waals surface area (Å²) in [5, 5.41) is 6.48. The second-order valence-corrected chi connectivity index (χ2v) is 4.95. The van der Waals surface area contributed by atoms with E-state index in [1.54, 1.807) is 13.2 Å². The fourth-order valence-electron chi connectivity index (χ4n) is 1.89. The average molecular weight is 313 g/mol. The molecule has 2 N–H and O–H groups in total. The number of rotatable bonds is 7. The highest BCUT2D eigenvalue weighted by Gasteiger charge is 2.01. The van der Waals surface area contributed by atoms with Gasteiger partial charge in [0.15, 0.2) is 5.96 Å². The topological polar surface area (TPSA) is 71.4 Å². The minimum atomic E-state index is 0.628. The maximum atomic E-state index is 5.47. The molecule has 0 aliphatic heterocycles. The van der Waals surface area contributed by atoms with Crippen molar-refractivity contribution in [3.8, 4) is 5.88 Å². The Bertz CT molecular complexity index is 598. The lowest BCUT2D eigenvalue weighted by Gasteiger charge is -2.11. The summed E-state index contributed by atoms with van der Waals surface area (Å²) in [4.78, 5) is 12.7. The summed E-state index contributed by atoms with van der Waals surface area (Å²) < 4.78 is 5.47. The van der Waals surface area contributed by atoms with Gasteiger partial charge < -0.3 is 15.4 Å². The first kappa shape index (κ1) is 16.7. The molecule has 6 nitrogen and oxygen atoms in total. The van der Waals surface area contributed by atoms with Crippen molar-refractivity contribution in [3.05, 3.63) is 54.0 Å². The Morgan fingerprint density at radius 1 is 1.13 bits per heavy atom. The number of aliphatic imine (C=N–C) groups is 1. The van der Waals surface area contributed by atoms with Gasteiger partial charge in [0, 0.05) is 32.1 Å². The third kappa shape index (κ3) is 5.94. The van der Waals surface area contributed by atoms with E-state index in [1.807, 2.05) is 36.5 Å². The largest absolute Gasteiger partial charge is 0.478 e. The lowest BCUT2D eigenvalue weighted by atomic mass is 10.3. The van der Waals surface area contributed by atoms with Crippen molar-refractivity contribution in [3.63, 3.8) is 0 Å². The van der Waals surface area contributed by atoms with Crippen LogP contribution in [-0.2, 0) is 13.1 Å². The first-order chi connectivity index (χ1) is 11.3. The summed E-state index contributed by atoms with van der Waals surface area (Å²) in [5.74, 6) is 1.38. The van der Waals surface area contributed by atoms with E-state index in [0.29, 0.717) is 25.6 Å². The molecule has 0 bridgehead atoms. The van der Waals surface area contributed by atoms with Crippen LogP contribution in [0.4, 0.5) is 0 Å². The van der Waals surface area contributed by atoms with Gasteiger partial charge >= 0.3 is 0 Å². The van der Waals surface area contributed by atoms with Crippen molar-refractivity contribution in [2.45, 2.75) is 26.4 Å². The van der Waals surface area contributed by atoms with Crippen molar-refractivity contribution in [2.75, 3.05) is 13.7 Å². The van der Waals surface area contributed by atoms with E-state index in [1.165, 1.54) is 0 Å². The van der Waals surface area contributed by atoms with Crippen molar-refractivity contribution in [2.24, 2.45) is 4.99 Å². The molecule has 2 aromatic rings. The first-order valence-corrected chi connectivity index (χ1v) is 7.74. The first-order valence-electron chi connectivity index (χ1n) is 7.74. The van der Waals surface area contributed by atoms with Crippen LogP contribution in [0.3, 0.4) is 0 Å². The highest BCUT2D eigenvalue weighted by Crippen LogP contribution is 2.07. The molecule has 2 aromatic heterocycles. The monoisotopic (exact) mass is 313 g/mol. The van der Waals surface area contributed by atoms with Gasteiger partial charge in [-0.2, -0.15) is 0 Å². The Kier molecular flexibility index (Phi) is 6.84. The molecular formula is C17H23N5O. The predicted octanol–water partition coefficient (Wildman–Crippen LogP) is 2.13. The normalized spacial score (nSPS) is 11.1. The highest BCUT2D eigenvalue weighted by molar-refractivity contribution is 5.79. The molecule has 0 unspecified atom stereocenters. The van der Waals surface area contributed by atoms with Crippen LogP contribution >= 0.6 is 0 Å². The summed E-state index contributed by atoms with van der Waals surface area (Å²) >= 11 is 0. The molecule has 0 spiro atoms. The van der Waals surface area contributed by atoms with Crippen LogP contribution < -0.4 is 15.4 Å². The van der Waals surface area contributed by atoms with Gasteiger partial charge in [0.1, 0.15) is 0 Å². The van der Waals surface area contributed by atoms with Crippen molar-refractivity contribution < 1.29 is 4.74 Å². The average Bonchev–Trinajstić information content (AvgIpc) is 2.62. The summed E-state index contributed by atoms with van der Waals surface area (Å²) in [6, 6.07) is 9.72. The number of ether oxygens (including phenoxy) is 1. The molecule has 122 valence electrons. The molecule has 0 aliphatic rings. The number of nitrogens with zero attached hydrogens (tertiary/aromatic N) is 3. The standard InChI is InChI=1S/C17H23N5O/c1-3-10-23-16-8-7-14(11-20-16)12-21-17(18-2)22-13-15-6-4-5-9-19-15/h4-9,11H,3,10,12-13H2,1-2H3,(H2,18,21,22). The van der Waals surface area contributed by atoms with Crippen LogP contribution in [0.5, 0.6) is 5.88 Å². The van der Waals surface area contributed by atoms with E-state index >= 15 is 0 Å². The molecule has 0 atom stereocenters. The molecule has 2 rings (SSSR count). The number of aromatic nitrogens is 2. The number of guanidine groups is 1. The second kappa shape index (κ2) is 9.40. The second-order valence-electron chi connectivity index (χ2n) is 4.95. The van der Waals surface area contributed by atoms with Crippen molar-refractivity contribution >= 4 is 5.96 Å². The van der Waals surface area contributed by atoms with E-state index in [4.69, 9.17) is 4.74 Å². The van der Waals surface area contributed by atoms with Crippen LogP contribution in [0, 0.1) is 0 Å². The quantitative estimate of drug-likeness (QED) is 0.605. The maximum Gasteiger partial charge on any atom is 0.213 e. The van der Waals surface area contributed by atoms with Crippen LogP contribution in [0.2, 0.25) is 0 Å². The molecule has 2 heterocycles. The summed E-state index contributed by atoms with van der Waals surface area (Å²) in [6.07, 6.45) is 4.56. The Morgan fingerprint density at radius 3 is 2.65 bits per heavy atom. The number of hydrogen-bond acceptors (Lipinski definition) is 4. The molecule has 23 heavy (non-hydrogen) atoms. The molecule has 0 amide bonds. The maximum absolute atomic E-state index is 5.47.